The molecule has 5 nitrogen and oxygen atoms in total. The van der Waals surface area contributed by atoms with Crippen LogP contribution in [0.1, 0.15) is 39.5 Å². The fraction of sp³-hybridized carbons (Fsp3) is 0.786. The number of amides is 2. The van der Waals surface area contributed by atoms with E-state index in [2.05, 4.69) is 13.8 Å². The van der Waals surface area contributed by atoms with E-state index in [0.29, 0.717) is 25.9 Å². The maximum Gasteiger partial charge on any atom is 0.241 e. The molecule has 0 N–H and O–H groups in total. The molecule has 1 heterocycles. The number of likely N-dealkylation sites (tertiary alicyclic amines) is 1. The van der Waals surface area contributed by atoms with Crippen molar-refractivity contribution in [2.45, 2.75) is 39.5 Å². The second-order valence-corrected chi connectivity index (χ2v) is 5.95. The summed E-state index contributed by atoms with van der Waals surface area (Å²) in [4.78, 5) is 27.1. The van der Waals surface area contributed by atoms with Gasteiger partial charge in [0.25, 0.3) is 0 Å². The molecule has 0 aromatic rings. The lowest BCUT2D eigenvalue weighted by atomic mass is 9.85. The summed E-state index contributed by atoms with van der Waals surface area (Å²) in [7, 11) is 1.67. The molecule has 0 saturated carbocycles. The van der Waals surface area contributed by atoms with E-state index in [0.717, 1.165) is 12.8 Å². The van der Waals surface area contributed by atoms with E-state index in [4.69, 9.17) is 5.26 Å². The number of nitriles is 1. The van der Waals surface area contributed by atoms with Gasteiger partial charge >= 0.3 is 0 Å². The second-order valence-electron chi connectivity index (χ2n) is 5.95. The molecule has 1 aliphatic rings. The van der Waals surface area contributed by atoms with Crippen molar-refractivity contribution in [3.8, 4) is 6.07 Å². The largest absolute Gasteiger partial charge is 0.343 e. The van der Waals surface area contributed by atoms with Crippen molar-refractivity contribution >= 4 is 11.8 Å². The van der Waals surface area contributed by atoms with Gasteiger partial charge in [-0.05, 0) is 18.3 Å². The molecular formula is C14H23N3O2. The Kier molecular flexibility index (Phi) is 5.34. The Balaban J connectivity index is 2.53. The molecule has 0 spiro atoms. The van der Waals surface area contributed by atoms with Crippen LogP contribution in [-0.4, -0.2) is 48.3 Å². The van der Waals surface area contributed by atoms with Crippen LogP contribution >= 0.6 is 0 Å². The van der Waals surface area contributed by atoms with E-state index in [1.807, 2.05) is 6.07 Å². The summed E-state index contributed by atoms with van der Waals surface area (Å²) in [5.41, 5.74) is 0.167. The molecule has 2 amide bonds. The van der Waals surface area contributed by atoms with Crippen molar-refractivity contribution in [2.24, 2.45) is 5.41 Å². The topological polar surface area (TPSA) is 64.4 Å². The van der Waals surface area contributed by atoms with Gasteiger partial charge in [0, 0.05) is 26.6 Å². The van der Waals surface area contributed by atoms with Crippen LogP contribution in [0.25, 0.3) is 0 Å². The molecule has 0 aromatic carbocycles. The molecule has 0 bridgehead atoms. The Hall–Kier alpha value is -1.57. The van der Waals surface area contributed by atoms with Crippen LogP contribution in [0.5, 0.6) is 0 Å². The summed E-state index contributed by atoms with van der Waals surface area (Å²) in [6.07, 6.45) is 2.64. The third kappa shape index (κ3) is 4.90. The SMILES string of the molecule is CN(CCC#N)C(=O)CN1CCC(C)(C)CCC1=O. The zero-order valence-electron chi connectivity index (χ0n) is 12.1. The third-order valence-corrected chi connectivity index (χ3v) is 3.74. The summed E-state index contributed by atoms with van der Waals surface area (Å²) < 4.78 is 0. The fourth-order valence-electron chi connectivity index (χ4n) is 2.08. The van der Waals surface area contributed by atoms with E-state index in [1.54, 1.807) is 11.9 Å². The number of rotatable bonds is 4. The highest BCUT2D eigenvalue weighted by atomic mass is 16.2. The molecular weight excluding hydrogens is 242 g/mol. The van der Waals surface area contributed by atoms with E-state index in [1.165, 1.54) is 4.90 Å². The molecule has 1 saturated heterocycles. The minimum Gasteiger partial charge on any atom is -0.343 e. The Bertz CT molecular complexity index is 385. The fourth-order valence-corrected chi connectivity index (χ4v) is 2.08. The number of hydrogen-bond donors (Lipinski definition) is 0. The standard InChI is InChI=1S/C14H23N3O2/c1-14(2)6-5-12(18)17(10-7-14)11-13(19)16(3)9-4-8-15/h4-7,9-11H2,1-3H3. The molecule has 1 aliphatic heterocycles. The molecule has 106 valence electrons. The summed E-state index contributed by atoms with van der Waals surface area (Å²) in [5.74, 6) is -0.0316. The molecule has 5 heteroatoms. The van der Waals surface area contributed by atoms with Gasteiger partial charge in [-0.1, -0.05) is 13.8 Å². The van der Waals surface area contributed by atoms with Gasteiger partial charge in [-0.25, -0.2) is 0 Å². The van der Waals surface area contributed by atoms with Crippen LogP contribution in [0, 0.1) is 16.7 Å². The first-order valence-corrected chi connectivity index (χ1v) is 6.74. The van der Waals surface area contributed by atoms with Crippen LogP contribution in [0.15, 0.2) is 0 Å². The lowest BCUT2D eigenvalue weighted by Crippen LogP contribution is -2.41. The Morgan fingerprint density at radius 2 is 2.16 bits per heavy atom. The lowest BCUT2D eigenvalue weighted by Gasteiger charge is -2.25. The van der Waals surface area contributed by atoms with Gasteiger partial charge in [0.15, 0.2) is 0 Å². The Labute approximate surface area is 115 Å². The van der Waals surface area contributed by atoms with Crippen LogP contribution in [0.2, 0.25) is 0 Å². The number of carbonyl (C=O) groups excluding carboxylic acids is 2. The zero-order chi connectivity index (χ0) is 14.5. The van der Waals surface area contributed by atoms with Gasteiger partial charge in [-0.15, -0.1) is 0 Å². The molecule has 0 aliphatic carbocycles. The number of likely N-dealkylation sites (N-methyl/N-ethyl adjacent to an activating group) is 1. The van der Waals surface area contributed by atoms with Crippen LogP contribution < -0.4 is 0 Å². The highest BCUT2D eigenvalue weighted by Crippen LogP contribution is 2.30. The minimum atomic E-state index is -0.0942. The van der Waals surface area contributed by atoms with Crippen molar-refractivity contribution < 1.29 is 9.59 Å². The Morgan fingerprint density at radius 1 is 1.47 bits per heavy atom. The normalized spacial score (nSPS) is 18.6. The predicted molar refractivity (Wildman–Crippen MR) is 72.1 cm³/mol. The lowest BCUT2D eigenvalue weighted by molar-refractivity contribution is -0.139. The van der Waals surface area contributed by atoms with Gasteiger partial charge in [0.1, 0.15) is 0 Å². The first-order valence-electron chi connectivity index (χ1n) is 6.74. The Morgan fingerprint density at radius 3 is 2.79 bits per heavy atom. The molecule has 0 aromatic heterocycles. The van der Waals surface area contributed by atoms with Gasteiger partial charge in [-0.3, -0.25) is 9.59 Å². The van der Waals surface area contributed by atoms with Crippen molar-refractivity contribution in [2.75, 3.05) is 26.7 Å². The molecule has 0 atom stereocenters. The minimum absolute atomic E-state index is 0.0626. The summed E-state index contributed by atoms with van der Waals surface area (Å²) >= 11 is 0. The third-order valence-electron chi connectivity index (χ3n) is 3.74. The van der Waals surface area contributed by atoms with Crippen molar-refractivity contribution in [3.63, 3.8) is 0 Å². The molecule has 0 radical (unpaired) electrons. The first-order chi connectivity index (χ1) is 8.85. The summed E-state index contributed by atoms with van der Waals surface area (Å²) in [6, 6.07) is 2.01. The molecule has 1 rings (SSSR count). The number of carbonyl (C=O) groups is 2. The molecule has 19 heavy (non-hydrogen) atoms. The number of hydrogen-bond acceptors (Lipinski definition) is 3. The van der Waals surface area contributed by atoms with E-state index in [9.17, 15) is 9.59 Å². The van der Waals surface area contributed by atoms with E-state index in [-0.39, 0.29) is 23.8 Å². The number of nitrogens with zero attached hydrogens (tertiary/aromatic N) is 3. The van der Waals surface area contributed by atoms with Gasteiger partial charge in [0.2, 0.25) is 11.8 Å². The van der Waals surface area contributed by atoms with Crippen LogP contribution in [0.4, 0.5) is 0 Å². The van der Waals surface area contributed by atoms with Crippen molar-refractivity contribution in [1.82, 2.24) is 9.80 Å². The molecule has 0 unspecified atom stereocenters. The average molecular weight is 265 g/mol. The van der Waals surface area contributed by atoms with Crippen LogP contribution in [0.3, 0.4) is 0 Å². The zero-order valence-corrected chi connectivity index (χ0v) is 12.1. The van der Waals surface area contributed by atoms with Gasteiger partial charge in [0.05, 0.1) is 19.0 Å². The van der Waals surface area contributed by atoms with Gasteiger partial charge < -0.3 is 9.80 Å². The van der Waals surface area contributed by atoms with Gasteiger partial charge in [-0.2, -0.15) is 5.26 Å². The van der Waals surface area contributed by atoms with Crippen LogP contribution in [-0.2, 0) is 9.59 Å². The van der Waals surface area contributed by atoms with E-state index >= 15 is 0 Å². The first kappa shape index (κ1) is 15.5. The molecule has 1 fully saturated rings. The van der Waals surface area contributed by atoms with Crippen molar-refractivity contribution in [1.29, 1.82) is 5.26 Å². The quantitative estimate of drug-likeness (QED) is 0.771. The highest BCUT2D eigenvalue weighted by Gasteiger charge is 2.28. The van der Waals surface area contributed by atoms with E-state index < -0.39 is 0 Å². The average Bonchev–Trinajstić information content (AvgIpc) is 2.48. The maximum absolute atomic E-state index is 12.0. The predicted octanol–water partition coefficient (Wildman–Crippen LogP) is 1.40. The smallest absolute Gasteiger partial charge is 0.241 e. The summed E-state index contributed by atoms with van der Waals surface area (Å²) in [6.45, 7) is 5.51. The monoisotopic (exact) mass is 265 g/mol. The highest BCUT2D eigenvalue weighted by molar-refractivity contribution is 5.84. The van der Waals surface area contributed by atoms with Crippen molar-refractivity contribution in [3.05, 3.63) is 0 Å². The second kappa shape index (κ2) is 6.55. The summed E-state index contributed by atoms with van der Waals surface area (Å²) in [5, 5.41) is 8.50. The maximum atomic E-state index is 12.0.